The highest BCUT2D eigenvalue weighted by molar-refractivity contribution is 7.89. The fourth-order valence-electron chi connectivity index (χ4n) is 3.36. The molecule has 1 fully saturated rings. The van der Waals surface area contributed by atoms with E-state index in [0.717, 1.165) is 34.6 Å². The van der Waals surface area contributed by atoms with E-state index >= 15 is 0 Å². The third kappa shape index (κ3) is 6.21. The summed E-state index contributed by atoms with van der Waals surface area (Å²) in [4.78, 5) is 12.6. The predicted molar refractivity (Wildman–Crippen MR) is 109 cm³/mol. The molecule has 33 heavy (non-hydrogen) atoms. The van der Waals surface area contributed by atoms with Crippen LogP contribution in [0.15, 0.2) is 47.4 Å². The number of nitrogens with zero attached hydrogens (tertiary/aromatic N) is 2. The van der Waals surface area contributed by atoms with E-state index in [9.17, 15) is 36.0 Å². The van der Waals surface area contributed by atoms with Gasteiger partial charge in [-0.1, -0.05) is 0 Å². The number of carbonyl (C=O) groups is 1. The zero-order chi connectivity index (χ0) is 24.2. The van der Waals surface area contributed by atoms with E-state index in [1.165, 1.54) is 12.1 Å². The van der Waals surface area contributed by atoms with E-state index in [2.05, 4.69) is 10.1 Å². The topological polar surface area (TPSA) is 99.5 Å². The van der Waals surface area contributed by atoms with E-state index in [-0.39, 0.29) is 35.0 Å². The molecule has 1 atom stereocenters. The molecule has 0 saturated carbocycles. The molecule has 2 aromatic rings. The van der Waals surface area contributed by atoms with Gasteiger partial charge in [-0.05, 0) is 55.3 Å². The van der Waals surface area contributed by atoms with E-state index in [4.69, 9.17) is 0 Å². The number of carbonyl (C=O) groups excluding carboxylic acids is 1. The maximum Gasteiger partial charge on any atom is 0.422 e. The number of ether oxygens (including phenoxy) is 1. The smallest absolute Gasteiger partial charge is 0.422 e. The fraction of sp³-hybridized carbons (Fsp3) is 0.333. The molecule has 12 heteroatoms. The normalized spacial score (nSPS) is 17.2. The maximum atomic E-state index is 13.1. The minimum atomic E-state index is -4.57. The van der Waals surface area contributed by atoms with E-state index in [1.54, 1.807) is 6.07 Å². The molecule has 1 amide bonds. The van der Waals surface area contributed by atoms with Gasteiger partial charge in [0.05, 0.1) is 16.4 Å². The summed E-state index contributed by atoms with van der Waals surface area (Å²) >= 11 is 0. The first-order valence-corrected chi connectivity index (χ1v) is 11.2. The molecule has 0 radical (unpaired) electrons. The summed E-state index contributed by atoms with van der Waals surface area (Å²) in [5.41, 5.74) is -0.0318. The monoisotopic (exact) mass is 485 g/mol. The van der Waals surface area contributed by atoms with Crippen LogP contribution in [-0.2, 0) is 14.8 Å². The number of nitriles is 1. The summed E-state index contributed by atoms with van der Waals surface area (Å²) < 4.78 is 81.6. The molecule has 1 aliphatic rings. The lowest BCUT2D eigenvalue weighted by atomic mass is 9.98. The van der Waals surface area contributed by atoms with Crippen molar-refractivity contribution in [3.05, 3.63) is 53.8 Å². The zero-order valence-corrected chi connectivity index (χ0v) is 17.9. The van der Waals surface area contributed by atoms with Crippen LogP contribution >= 0.6 is 0 Å². The van der Waals surface area contributed by atoms with Gasteiger partial charge in [0.25, 0.3) is 0 Å². The van der Waals surface area contributed by atoms with Gasteiger partial charge in [-0.25, -0.2) is 12.8 Å². The Morgan fingerprint density at radius 3 is 2.55 bits per heavy atom. The Kier molecular flexibility index (Phi) is 7.24. The molecular formula is C21H19F4N3O4S. The summed E-state index contributed by atoms with van der Waals surface area (Å²) in [5.74, 6) is -2.04. The Labute approximate surface area is 187 Å². The van der Waals surface area contributed by atoms with Crippen molar-refractivity contribution in [2.24, 2.45) is 5.92 Å². The maximum absolute atomic E-state index is 13.1. The highest BCUT2D eigenvalue weighted by atomic mass is 32.2. The van der Waals surface area contributed by atoms with Crippen molar-refractivity contribution < 1.29 is 35.5 Å². The first-order chi connectivity index (χ1) is 15.5. The van der Waals surface area contributed by atoms with E-state index in [1.807, 2.05) is 0 Å². The number of anilines is 1. The highest BCUT2D eigenvalue weighted by Crippen LogP contribution is 2.27. The van der Waals surface area contributed by atoms with Crippen LogP contribution in [0.5, 0.6) is 5.75 Å². The van der Waals surface area contributed by atoms with Gasteiger partial charge in [-0.15, -0.1) is 0 Å². The molecular weight excluding hydrogens is 466 g/mol. The molecule has 7 nitrogen and oxygen atoms in total. The van der Waals surface area contributed by atoms with Crippen LogP contribution in [-0.4, -0.2) is 44.5 Å². The molecule has 176 valence electrons. The first kappa shape index (κ1) is 24.5. The Morgan fingerprint density at radius 2 is 1.91 bits per heavy atom. The first-order valence-electron chi connectivity index (χ1n) is 9.80. The van der Waals surface area contributed by atoms with Crippen molar-refractivity contribution in [3.63, 3.8) is 0 Å². The number of hydrogen-bond acceptors (Lipinski definition) is 5. The van der Waals surface area contributed by atoms with Gasteiger partial charge in [0.2, 0.25) is 15.9 Å². The Morgan fingerprint density at radius 1 is 1.21 bits per heavy atom. The van der Waals surface area contributed by atoms with Gasteiger partial charge in [0, 0.05) is 18.8 Å². The zero-order valence-electron chi connectivity index (χ0n) is 17.1. The standard InChI is InChI=1S/C21H19F4N3O4S/c22-16-3-6-18(7-4-16)33(30,31)28-9-1-2-14(12-28)20(29)27-17-5-8-19(15(10-17)11-26)32-13-21(23,24)25/h3-8,10,14H,1-2,9,12-13H2,(H,27,29). The largest absolute Gasteiger partial charge is 0.483 e. The number of amides is 1. The van der Waals surface area contributed by atoms with Crippen LogP contribution in [0.1, 0.15) is 18.4 Å². The molecule has 1 unspecified atom stereocenters. The van der Waals surface area contributed by atoms with Crippen LogP contribution in [0.4, 0.5) is 23.2 Å². The van der Waals surface area contributed by atoms with Gasteiger partial charge < -0.3 is 10.1 Å². The summed E-state index contributed by atoms with van der Waals surface area (Å²) in [5, 5.41) is 11.8. The molecule has 1 saturated heterocycles. The Hall–Kier alpha value is -3.17. The van der Waals surface area contributed by atoms with Crippen molar-refractivity contribution >= 4 is 21.6 Å². The predicted octanol–water partition coefficient (Wildman–Crippen LogP) is 3.68. The highest BCUT2D eigenvalue weighted by Gasteiger charge is 2.33. The second-order valence-electron chi connectivity index (χ2n) is 7.37. The molecule has 2 aromatic carbocycles. The van der Waals surface area contributed by atoms with Crippen LogP contribution < -0.4 is 10.1 Å². The minimum absolute atomic E-state index is 0.0851. The molecule has 0 aromatic heterocycles. The Bertz CT molecular complexity index is 1160. The molecule has 0 bridgehead atoms. The molecule has 0 aliphatic carbocycles. The molecule has 1 N–H and O–H groups in total. The summed E-state index contributed by atoms with van der Waals surface area (Å²) in [7, 11) is -3.92. The van der Waals surface area contributed by atoms with Crippen molar-refractivity contribution in [3.8, 4) is 11.8 Å². The van der Waals surface area contributed by atoms with Gasteiger partial charge in [-0.3, -0.25) is 4.79 Å². The van der Waals surface area contributed by atoms with Crippen LogP contribution in [0.25, 0.3) is 0 Å². The van der Waals surface area contributed by atoms with Crippen LogP contribution in [0.3, 0.4) is 0 Å². The van der Waals surface area contributed by atoms with Crippen LogP contribution in [0, 0.1) is 23.1 Å². The second-order valence-corrected chi connectivity index (χ2v) is 9.31. The van der Waals surface area contributed by atoms with Gasteiger partial charge in [0.15, 0.2) is 6.61 Å². The second kappa shape index (κ2) is 9.76. The number of benzene rings is 2. The average Bonchev–Trinajstić information content (AvgIpc) is 2.78. The number of piperidine rings is 1. The summed E-state index contributed by atoms with van der Waals surface area (Å²) in [6.07, 6.45) is -3.73. The SMILES string of the molecule is N#Cc1cc(NC(=O)C2CCCN(S(=O)(=O)c3ccc(F)cc3)C2)ccc1OCC(F)(F)F. The van der Waals surface area contributed by atoms with Crippen molar-refractivity contribution in [1.29, 1.82) is 5.26 Å². The van der Waals surface area contributed by atoms with Gasteiger partial charge in [-0.2, -0.15) is 22.7 Å². The number of alkyl halides is 3. The van der Waals surface area contributed by atoms with Crippen LogP contribution in [0.2, 0.25) is 0 Å². The lowest BCUT2D eigenvalue weighted by Crippen LogP contribution is -2.43. The molecule has 1 heterocycles. The number of sulfonamides is 1. The molecule has 1 aliphatic heterocycles. The lowest BCUT2D eigenvalue weighted by molar-refractivity contribution is -0.153. The lowest BCUT2D eigenvalue weighted by Gasteiger charge is -2.31. The number of halogens is 4. The van der Waals surface area contributed by atoms with Gasteiger partial charge in [0.1, 0.15) is 17.6 Å². The number of rotatable bonds is 6. The van der Waals surface area contributed by atoms with Crippen molar-refractivity contribution in [2.45, 2.75) is 23.9 Å². The fourth-order valence-corrected chi connectivity index (χ4v) is 4.88. The van der Waals surface area contributed by atoms with Crippen molar-refractivity contribution in [1.82, 2.24) is 4.31 Å². The summed E-state index contributed by atoms with van der Waals surface area (Å²) in [6, 6.07) is 9.71. The van der Waals surface area contributed by atoms with Crippen molar-refractivity contribution in [2.75, 3.05) is 25.0 Å². The Balaban J connectivity index is 1.69. The molecule has 3 rings (SSSR count). The van der Waals surface area contributed by atoms with E-state index in [0.29, 0.717) is 12.8 Å². The average molecular weight is 485 g/mol. The summed E-state index contributed by atoms with van der Waals surface area (Å²) in [6.45, 7) is -1.45. The third-order valence-electron chi connectivity index (χ3n) is 4.97. The molecule has 0 spiro atoms. The van der Waals surface area contributed by atoms with E-state index < -0.39 is 40.4 Å². The number of nitrogens with one attached hydrogen (secondary N) is 1. The minimum Gasteiger partial charge on any atom is -0.483 e. The van der Waals surface area contributed by atoms with Gasteiger partial charge >= 0.3 is 6.18 Å². The quantitative estimate of drug-likeness (QED) is 0.630. The number of hydrogen-bond donors (Lipinski definition) is 1. The third-order valence-corrected chi connectivity index (χ3v) is 6.84.